The van der Waals surface area contributed by atoms with Crippen molar-refractivity contribution in [1.29, 1.82) is 0 Å². The molecule has 0 aliphatic carbocycles. The number of rotatable bonds is 3. The minimum Gasteiger partial charge on any atom is -0.506 e. The maximum Gasteiger partial charge on any atom is 0.412 e. The zero-order valence-corrected chi connectivity index (χ0v) is 7.55. The summed E-state index contributed by atoms with van der Waals surface area (Å²) in [4.78, 5) is 11.8. The van der Waals surface area contributed by atoms with Crippen LogP contribution in [0.15, 0.2) is 36.9 Å². The van der Waals surface area contributed by atoms with E-state index in [1.807, 2.05) is 0 Å². The van der Waals surface area contributed by atoms with Gasteiger partial charge in [0.05, 0.1) is 5.69 Å². The molecule has 0 atom stereocenters. The maximum atomic E-state index is 10.8. The van der Waals surface area contributed by atoms with Crippen LogP contribution in [0.25, 0.3) is 0 Å². The summed E-state index contributed by atoms with van der Waals surface area (Å²) < 4.78 is 0. The highest BCUT2D eigenvalue weighted by atomic mass is 16.4. The van der Waals surface area contributed by atoms with Gasteiger partial charge in [0.15, 0.2) is 0 Å². The van der Waals surface area contributed by atoms with E-state index in [0.29, 0.717) is 0 Å². The van der Waals surface area contributed by atoms with Gasteiger partial charge in [-0.15, -0.1) is 6.58 Å². The summed E-state index contributed by atoms with van der Waals surface area (Å²) in [6.45, 7) is 3.60. The molecule has 0 heterocycles. The van der Waals surface area contributed by atoms with Gasteiger partial charge >= 0.3 is 6.09 Å². The molecule has 4 nitrogen and oxygen atoms in total. The van der Waals surface area contributed by atoms with E-state index < -0.39 is 6.09 Å². The number of phenols is 1. The highest BCUT2D eigenvalue weighted by Crippen LogP contribution is 2.26. The first-order valence-electron chi connectivity index (χ1n) is 4.06. The first-order chi connectivity index (χ1) is 6.66. The fraction of sp³-hybridized carbons (Fsp3) is 0.100. The molecule has 0 unspecified atom stereocenters. The smallest absolute Gasteiger partial charge is 0.412 e. The maximum absolute atomic E-state index is 10.8. The molecule has 0 aliphatic rings. The Morgan fingerprint density at radius 1 is 1.50 bits per heavy atom. The summed E-state index contributed by atoms with van der Waals surface area (Å²) in [5, 5.41) is 18.3. The summed E-state index contributed by atoms with van der Waals surface area (Å²) >= 11 is 0. The van der Waals surface area contributed by atoms with Gasteiger partial charge in [-0.05, 0) is 12.1 Å². The van der Waals surface area contributed by atoms with Crippen molar-refractivity contribution < 1.29 is 15.0 Å². The van der Waals surface area contributed by atoms with E-state index in [1.165, 1.54) is 18.2 Å². The SMILES string of the molecule is C=CCN(C(=O)O)c1ccccc1O. The van der Waals surface area contributed by atoms with Crippen LogP contribution in [0.1, 0.15) is 0 Å². The number of carbonyl (C=O) groups is 1. The molecule has 1 aromatic rings. The van der Waals surface area contributed by atoms with E-state index in [9.17, 15) is 9.90 Å². The third-order valence-corrected chi connectivity index (χ3v) is 1.72. The van der Waals surface area contributed by atoms with Crippen LogP contribution in [0.5, 0.6) is 5.75 Å². The normalized spacial score (nSPS) is 9.43. The van der Waals surface area contributed by atoms with Gasteiger partial charge < -0.3 is 10.2 Å². The van der Waals surface area contributed by atoms with Crippen LogP contribution in [-0.2, 0) is 0 Å². The quantitative estimate of drug-likeness (QED) is 0.722. The van der Waals surface area contributed by atoms with E-state index in [1.54, 1.807) is 12.1 Å². The lowest BCUT2D eigenvalue weighted by Gasteiger charge is -2.17. The molecule has 0 aliphatic heterocycles. The average Bonchev–Trinajstić information content (AvgIpc) is 2.15. The Bertz CT molecular complexity index is 349. The molecule has 1 aromatic carbocycles. The van der Waals surface area contributed by atoms with E-state index in [-0.39, 0.29) is 18.0 Å². The second-order valence-corrected chi connectivity index (χ2v) is 2.67. The van der Waals surface area contributed by atoms with Crippen molar-refractivity contribution in [2.75, 3.05) is 11.4 Å². The average molecular weight is 193 g/mol. The Morgan fingerprint density at radius 2 is 2.14 bits per heavy atom. The number of benzene rings is 1. The zero-order valence-electron chi connectivity index (χ0n) is 7.55. The molecule has 1 rings (SSSR count). The Kier molecular flexibility index (Phi) is 3.12. The van der Waals surface area contributed by atoms with Crippen molar-refractivity contribution in [1.82, 2.24) is 0 Å². The molecule has 0 fully saturated rings. The Balaban J connectivity index is 3.04. The van der Waals surface area contributed by atoms with Crippen molar-refractivity contribution in [2.24, 2.45) is 0 Å². The lowest BCUT2D eigenvalue weighted by Crippen LogP contribution is -2.29. The second kappa shape index (κ2) is 4.32. The molecule has 4 heteroatoms. The van der Waals surface area contributed by atoms with Crippen LogP contribution in [0.2, 0.25) is 0 Å². The van der Waals surface area contributed by atoms with Gasteiger partial charge in [-0.1, -0.05) is 18.2 Å². The minimum atomic E-state index is -1.12. The molecular formula is C10H11NO3. The van der Waals surface area contributed by atoms with E-state index >= 15 is 0 Å². The molecule has 0 bridgehead atoms. The van der Waals surface area contributed by atoms with Crippen molar-refractivity contribution in [3.05, 3.63) is 36.9 Å². The first kappa shape index (κ1) is 10.1. The number of hydrogen-bond acceptors (Lipinski definition) is 2. The van der Waals surface area contributed by atoms with Crippen LogP contribution < -0.4 is 4.90 Å². The topological polar surface area (TPSA) is 60.8 Å². The lowest BCUT2D eigenvalue weighted by molar-refractivity contribution is 0.202. The van der Waals surface area contributed by atoms with Gasteiger partial charge in [-0.25, -0.2) is 4.79 Å². The Morgan fingerprint density at radius 3 is 2.64 bits per heavy atom. The molecule has 74 valence electrons. The van der Waals surface area contributed by atoms with E-state index in [2.05, 4.69) is 6.58 Å². The zero-order chi connectivity index (χ0) is 10.6. The number of nitrogens with zero attached hydrogens (tertiary/aromatic N) is 1. The third-order valence-electron chi connectivity index (χ3n) is 1.72. The predicted molar refractivity (Wildman–Crippen MR) is 53.7 cm³/mol. The van der Waals surface area contributed by atoms with Crippen molar-refractivity contribution in [2.45, 2.75) is 0 Å². The van der Waals surface area contributed by atoms with Crippen molar-refractivity contribution in [3.8, 4) is 5.75 Å². The van der Waals surface area contributed by atoms with Crippen molar-refractivity contribution >= 4 is 11.8 Å². The molecule has 1 amide bonds. The van der Waals surface area contributed by atoms with Crippen molar-refractivity contribution in [3.63, 3.8) is 0 Å². The van der Waals surface area contributed by atoms with Crippen LogP contribution in [-0.4, -0.2) is 22.9 Å². The van der Waals surface area contributed by atoms with Gasteiger partial charge in [-0.2, -0.15) is 0 Å². The molecule has 0 saturated heterocycles. The molecule has 14 heavy (non-hydrogen) atoms. The number of hydrogen-bond donors (Lipinski definition) is 2. The minimum absolute atomic E-state index is 0.0586. The third kappa shape index (κ3) is 2.04. The second-order valence-electron chi connectivity index (χ2n) is 2.67. The number of para-hydroxylation sites is 2. The molecular weight excluding hydrogens is 182 g/mol. The van der Waals surface area contributed by atoms with Crippen LogP contribution in [0, 0.1) is 0 Å². The summed E-state index contributed by atoms with van der Waals surface area (Å²) in [5.41, 5.74) is 0.264. The Hall–Kier alpha value is -1.97. The molecule has 0 aromatic heterocycles. The number of phenolic OH excluding ortho intramolecular Hbond substituents is 1. The van der Waals surface area contributed by atoms with Gasteiger partial charge in [0.2, 0.25) is 0 Å². The van der Waals surface area contributed by atoms with Gasteiger partial charge in [0, 0.05) is 6.54 Å². The Labute approximate surface area is 81.7 Å². The number of carboxylic acid groups (broad SMARTS) is 1. The number of aromatic hydroxyl groups is 1. The first-order valence-corrected chi connectivity index (χ1v) is 4.06. The molecule has 0 spiro atoms. The summed E-state index contributed by atoms with van der Waals surface area (Å²) in [5.74, 6) is -0.0586. The highest BCUT2D eigenvalue weighted by Gasteiger charge is 2.15. The summed E-state index contributed by atoms with van der Waals surface area (Å²) in [6.07, 6.45) is 0.340. The highest BCUT2D eigenvalue weighted by molar-refractivity contribution is 5.88. The van der Waals surface area contributed by atoms with Gasteiger partial charge in [-0.3, -0.25) is 4.90 Å². The van der Waals surface area contributed by atoms with Crippen LogP contribution >= 0.6 is 0 Å². The number of anilines is 1. The number of amides is 1. The van der Waals surface area contributed by atoms with Gasteiger partial charge in [0.1, 0.15) is 5.75 Å². The molecule has 0 radical (unpaired) electrons. The monoisotopic (exact) mass is 193 g/mol. The summed E-state index contributed by atoms with van der Waals surface area (Å²) in [6, 6.07) is 6.27. The summed E-state index contributed by atoms with van der Waals surface area (Å²) in [7, 11) is 0. The fourth-order valence-corrected chi connectivity index (χ4v) is 1.10. The van der Waals surface area contributed by atoms with Crippen LogP contribution in [0.3, 0.4) is 0 Å². The predicted octanol–water partition coefficient (Wildman–Crippen LogP) is 2.06. The molecule has 2 N–H and O–H groups in total. The van der Waals surface area contributed by atoms with E-state index in [0.717, 1.165) is 4.90 Å². The lowest BCUT2D eigenvalue weighted by atomic mass is 10.2. The molecule has 0 saturated carbocycles. The van der Waals surface area contributed by atoms with Crippen LogP contribution in [0.4, 0.5) is 10.5 Å². The fourth-order valence-electron chi connectivity index (χ4n) is 1.10. The largest absolute Gasteiger partial charge is 0.506 e. The standard InChI is InChI=1S/C10H11NO3/c1-2-7-11(10(13)14)8-5-3-4-6-9(8)12/h2-6,12H,1,7H2,(H,13,14). The van der Waals surface area contributed by atoms with E-state index in [4.69, 9.17) is 5.11 Å². The van der Waals surface area contributed by atoms with Gasteiger partial charge in [0.25, 0.3) is 0 Å².